The van der Waals surface area contributed by atoms with E-state index in [1.807, 2.05) is 26.0 Å². The third-order valence-corrected chi connectivity index (χ3v) is 4.72. The van der Waals surface area contributed by atoms with Crippen molar-refractivity contribution >= 4 is 28.5 Å². The van der Waals surface area contributed by atoms with Crippen LogP contribution in [0.1, 0.15) is 37.0 Å². The lowest BCUT2D eigenvalue weighted by atomic mass is 9.66. The van der Waals surface area contributed by atoms with E-state index < -0.39 is 11.4 Å². The van der Waals surface area contributed by atoms with Crippen LogP contribution in [0.25, 0.3) is 11.0 Å². The number of benzene rings is 1. The molecule has 1 saturated carbocycles. The molecule has 5 nitrogen and oxygen atoms in total. The zero-order valence-electron chi connectivity index (χ0n) is 12.7. The fraction of sp³-hybridized carbons (Fsp3) is 0.412. The maximum Gasteiger partial charge on any atom is 0.310 e. The Morgan fingerprint density at radius 2 is 2.05 bits per heavy atom. The summed E-state index contributed by atoms with van der Waals surface area (Å²) in [5.74, 6) is -0.261. The van der Waals surface area contributed by atoms with Crippen LogP contribution in [0.5, 0.6) is 0 Å². The molecule has 1 aromatic heterocycles. The molecule has 2 N–H and O–H groups in total. The second-order valence-corrected chi connectivity index (χ2v) is 6.16. The molecular weight excluding hydrogens is 282 g/mol. The maximum atomic E-state index is 12.2. The average Bonchev–Trinajstić information content (AvgIpc) is 2.69. The second kappa shape index (κ2) is 5.16. The molecule has 1 aromatic carbocycles. The van der Waals surface area contributed by atoms with E-state index in [1.54, 1.807) is 6.07 Å². The molecule has 0 atom stereocenters. The first-order valence-electron chi connectivity index (χ1n) is 7.44. The Labute approximate surface area is 128 Å². The van der Waals surface area contributed by atoms with Crippen molar-refractivity contribution < 1.29 is 19.1 Å². The fourth-order valence-electron chi connectivity index (χ4n) is 3.00. The zero-order chi connectivity index (χ0) is 15.9. The number of carboxylic acid groups (broad SMARTS) is 1. The summed E-state index contributed by atoms with van der Waals surface area (Å²) in [6.07, 6.45) is 2.06. The quantitative estimate of drug-likeness (QED) is 0.903. The van der Waals surface area contributed by atoms with Gasteiger partial charge in [0.1, 0.15) is 11.3 Å². The number of aliphatic carboxylic acids is 1. The van der Waals surface area contributed by atoms with Gasteiger partial charge in [-0.15, -0.1) is 0 Å². The summed E-state index contributed by atoms with van der Waals surface area (Å²) in [5.41, 5.74) is 1.64. The Bertz CT molecular complexity index is 755. The molecule has 0 unspecified atom stereocenters. The van der Waals surface area contributed by atoms with Crippen molar-refractivity contribution in [3.05, 3.63) is 29.5 Å². The Morgan fingerprint density at radius 1 is 1.32 bits per heavy atom. The van der Waals surface area contributed by atoms with Crippen LogP contribution in [0.2, 0.25) is 0 Å². The van der Waals surface area contributed by atoms with Gasteiger partial charge in [0.2, 0.25) is 5.91 Å². The highest BCUT2D eigenvalue weighted by molar-refractivity contribution is 5.96. The van der Waals surface area contributed by atoms with Gasteiger partial charge < -0.3 is 14.8 Å². The molecule has 0 radical (unpaired) electrons. The lowest BCUT2D eigenvalue weighted by Crippen LogP contribution is -2.41. The summed E-state index contributed by atoms with van der Waals surface area (Å²) in [5, 5.41) is 13.1. The van der Waals surface area contributed by atoms with Gasteiger partial charge in [-0.2, -0.15) is 0 Å². The summed E-state index contributed by atoms with van der Waals surface area (Å²) < 4.78 is 5.61. The van der Waals surface area contributed by atoms with Gasteiger partial charge in [-0.05, 0) is 50.5 Å². The third-order valence-electron chi connectivity index (χ3n) is 4.72. The summed E-state index contributed by atoms with van der Waals surface area (Å²) in [4.78, 5) is 23.5. The van der Waals surface area contributed by atoms with Crippen LogP contribution in [0.3, 0.4) is 0 Å². The van der Waals surface area contributed by atoms with E-state index in [9.17, 15) is 14.7 Å². The first kappa shape index (κ1) is 14.6. The first-order valence-corrected chi connectivity index (χ1v) is 7.44. The van der Waals surface area contributed by atoms with E-state index in [2.05, 4.69) is 5.32 Å². The average molecular weight is 301 g/mol. The minimum absolute atomic E-state index is 0.0315. The smallest absolute Gasteiger partial charge is 0.310 e. The highest BCUT2D eigenvalue weighted by Crippen LogP contribution is 2.44. The molecule has 1 fully saturated rings. The number of aryl methyl sites for hydroxylation is 2. The van der Waals surface area contributed by atoms with Crippen LogP contribution in [0, 0.1) is 19.3 Å². The molecule has 0 spiro atoms. The van der Waals surface area contributed by atoms with Crippen molar-refractivity contribution in [2.75, 3.05) is 5.32 Å². The van der Waals surface area contributed by atoms with Crippen LogP contribution in [0.15, 0.2) is 22.6 Å². The van der Waals surface area contributed by atoms with Crippen LogP contribution < -0.4 is 5.32 Å². The number of furan rings is 1. The van der Waals surface area contributed by atoms with Crippen LogP contribution in [0.4, 0.5) is 5.69 Å². The lowest BCUT2D eigenvalue weighted by molar-refractivity contribution is -0.157. The van der Waals surface area contributed by atoms with E-state index in [0.717, 1.165) is 28.7 Å². The molecule has 5 heteroatoms. The molecule has 2 aromatic rings. The molecule has 116 valence electrons. The van der Waals surface area contributed by atoms with E-state index in [4.69, 9.17) is 4.42 Å². The predicted molar refractivity (Wildman–Crippen MR) is 82.9 cm³/mol. The van der Waals surface area contributed by atoms with Crippen molar-refractivity contribution in [1.29, 1.82) is 0 Å². The molecule has 1 amide bonds. The molecular formula is C17H19NO4. The molecule has 1 heterocycles. The van der Waals surface area contributed by atoms with Gasteiger partial charge in [0.25, 0.3) is 0 Å². The van der Waals surface area contributed by atoms with Gasteiger partial charge in [-0.25, -0.2) is 0 Å². The Hall–Kier alpha value is -2.30. The molecule has 22 heavy (non-hydrogen) atoms. The van der Waals surface area contributed by atoms with E-state index in [1.165, 1.54) is 0 Å². The predicted octanol–water partition coefficient (Wildman–Crippen LogP) is 3.63. The highest BCUT2D eigenvalue weighted by atomic mass is 16.4. The number of carbonyl (C=O) groups excluding carboxylic acids is 1. The highest BCUT2D eigenvalue weighted by Gasteiger charge is 2.45. The molecule has 1 aliphatic carbocycles. The van der Waals surface area contributed by atoms with Gasteiger partial charge in [0.15, 0.2) is 0 Å². The number of hydrogen-bond acceptors (Lipinski definition) is 3. The number of hydrogen-bond donors (Lipinski definition) is 2. The van der Waals surface area contributed by atoms with Gasteiger partial charge in [-0.3, -0.25) is 9.59 Å². The Morgan fingerprint density at radius 3 is 2.64 bits per heavy atom. The van der Waals surface area contributed by atoms with Gasteiger partial charge in [-0.1, -0.05) is 6.42 Å². The van der Waals surface area contributed by atoms with Crippen LogP contribution >= 0.6 is 0 Å². The first-order chi connectivity index (χ1) is 10.4. The van der Waals surface area contributed by atoms with Crippen LogP contribution in [-0.4, -0.2) is 17.0 Å². The van der Waals surface area contributed by atoms with Crippen molar-refractivity contribution in [3.63, 3.8) is 0 Å². The van der Waals surface area contributed by atoms with Gasteiger partial charge in [0.05, 0.1) is 5.41 Å². The minimum atomic E-state index is -0.870. The molecule has 1 aliphatic rings. The standard InChI is InChI=1S/C17H19NO4/c1-10-11(2)22-14-5-4-12(8-13(10)14)18-15(19)9-17(16(20)21)6-3-7-17/h4-5,8H,3,6-7,9H2,1-2H3,(H,18,19)(H,20,21). The van der Waals surface area contributed by atoms with Crippen molar-refractivity contribution in [1.82, 2.24) is 0 Å². The van der Waals surface area contributed by atoms with Gasteiger partial charge in [0, 0.05) is 17.5 Å². The monoisotopic (exact) mass is 301 g/mol. The van der Waals surface area contributed by atoms with E-state index in [-0.39, 0.29) is 12.3 Å². The number of amides is 1. The molecule has 0 bridgehead atoms. The number of carboxylic acids is 1. The summed E-state index contributed by atoms with van der Waals surface area (Å²) in [6.45, 7) is 3.88. The largest absolute Gasteiger partial charge is 0.481 e. The van der Waals surface area contributed by atoms with E-state index in [0.29, 0.717) is 18.5 Å². The van der Waals surface area contributed by atoms with Crippen molar-refractivity contribution in [2.24, 2.45) is 5.41 Å². The van der Waals surface area contributed by atoms with Crippen molar-refractivity contribution in [3.8, 4) is 0 Å². The zero-order valence-corrected chi connectivity index (χ0v) is 12.7. The topological polar surface area (TPSA) is 79.5 Å². The number of fused-ring (bicyclic) bond motifs is 1. The van der Waals surface area contributed by atoms with Gasteiger partial charge >= 0.3 is 5.97 Å². The normalized spacial score (nSPS) is 16.3. The number of rotatable bonds is 4. The fourth-order valence-corrected chi connectivity index (χ4v) is 3.00. The summed E-state index contributed by atoms with van der Waals surface area (Å²) >= 11 is 0. The third kappa shape index (κ3) is 2.36. The van der Waals surface area contributed by atoms with E-state index >= 15 is 0 Å². The second-order valence-electron chi connectivity index (χ2n) is 6.16. The number of nitrogens with one attached hydrogen (secondary N) is 1. The molecule has 3 rings (SSSR count). The SMILES string of the molecule is Cc1oc2ccc(NC(=O)CC3(C(=O)O)CCC3)cc2c1C. The number of anilines is 1. The Balaban J connectivity index is 1.76. The van der Waals surface area contributed by atoms with Crippen molar-refractivity contribution in [2.45, 2.75) is 39.5 Å². The minimum Gasteiger partial charge on any atom is -0.481 e. The Kier molecular flexibility index (Phi) is 3.43. The maximum absolute atomic E-state index is 12.2. The molecule has 0 aliphatic heterocycles. The molecule has 0 saturated heterocycles. The van der Waals surface area contributed by atoms with Crippen LogP contribution in [-0.2, 0) is 9.59 Å². The summed E-state index contributed by atoms with van der Waals surface area (Å²) in [6, 6.07) is 5.46. The number of carbonyl (C=O) groups is 2. The summed E-state index contributed by atoms with van der Waals surface area (Å²) in [7, 11) is 0. The lowest BCUT2D eigenvalue weighted by Gasteiger charge is -2.36.